The minimum absolute atomic E-state index is 0.00185. The Hall–Kier alpha value is -1.79. The quantitative estimate of drug-likeness (QED) is 0.860. The van der Waals surface area contributed by atoms with Gasteiger partial charge in [0.15, 0.2) is 0 Å². The smallest absolute Gasteiger partial charge is 0.254 e. The van der Waals surface area contributed by atoms with Gasteiger partial charge in [0.05, 0.1) is 0 Å². The topological polar surface area (TPSA) is 40.5 Å². The van der Waals surface area contributed by atoms with Gasteiger partial charge in [0.1, 0.15) is 6.61 Å². The molecule has 0 unspecified atom stereocenters. The van der Waals surface area contributed by atoms with Crippen molar-refractivity contribution in [1.82, 2.24) is 4.90 Å². The van der Waals surface area contributed by atoms with Gasteiger partial charge in [-0.15, -0.1) is 0 Å². The lowest BCUT2D eigenvalue weighted by molar-refractivity contribution is 0.0619. The van der Waals surface area contributed by atoms with Crippen LogP contribution in [0.4, 0.5) is 0 Å². The van der Waals surface area contributed by atoms with E-state index in [1.807, 2.05) is 32.2 Å². The van der Waals surface area contributed by atoms with Crippen molar-refractivity contribution in [3.8, 4) is 11.8 Å². The highest BCUT2D eigenvalue weighted by molar-refractivity contribution is 5.96. The van der Waals surface area contributed by atoms with Crippen molar-refractivity contribution < 1.29 is 9.90 Å². The summed E-state index contributed by atoms with van der Waals surface area (Å²) >= 11 is 0. The zero-order valence-electron chi connectivity index (χ0n) is 12.9. The monoisotopic (exact) mass is 273 g/mol. The third-order valence-corrected chi connectivity index (χ3v) is 3.94. The van der Waals surface area contributed by atoms with Crippen molar-refractivity contribution >= 4 is 5.91 Å². The highest BCUT2D eigenvalue weighted by Crippen LogP contribution is 2.22. The van der Waals surface area contributed by atoms with E-state index >= 15 is 0 Å². The highest BCUT2D eigenvalue weighted by atomic mass is 16.2. The summed E-state index contributed by atoms with van der Waals surface area (Å²) in [6.07, 6.45) is 0.887. The second kappa shape index (κ2) is 6.58. The molecule has 0 spiro atoms. The first-order chi connectivity index (χ1) is 9.35. The summed E-state index contributed by atoms with van der Waals surface area (Å²) in [5.41, 5.74) is 2.12. The van der Waals surface area contributed by atoms with Crippen LogP contribution < -0.4 is 0 Å². The van der Waals surface area contributed by atoms with Gasteiger partial charge in [0.2, 0.25) is 0 Å². The SMILES string of the molecule is CCC(C)(C)N(C)C(=O)c1cccc(C#CCO)c1C. The van der Waals surface area contributed by atoms with Crippen LogP contribution in [-0.2, 0) is 0 Å². The van der Waals surface area contributed by atoms with Crippen LogP contribution >= 0.6 is 0 Å². The maximum Gasteiger partial charge on any atom is 0.254 e. The Balaban J connectivity index is 3.18. The lowest BCUT2D eigenvalue weighted by atomic mass is 9.96. The molecule has 0 aliphatic heterocycles. The van der Waals surface area contributed by atoms with Gasteiger partial charge in [-0.3, -0.25) is 4.79 Å². The number of hydrogen-bond acceptors (Lipinski definition) is 2. The number of carbonyl (C=O) groups excluding carboxylic acids is 1. The first-order valence-corrected chi connectivity index (χ1v) is 6.82. The van der Waals surface area contributed by atoms with Crippen molar-refractivity contribution in [2.24, 2.45) is 0 Å². The molecule has 0 atom stereocenters. The summed E-state index contributed by atoms with van der Waals surface area (Å²) in [6.45, 7) is 7.88. The molecule has 108 valence electrons. The van der Waals surface area contributed by atoms with Gasteiger partial charge in [-0.1, -0.05) is 24.8 Å². The average Bonchev–Trinajstić information content (AvgIpc) is 2.44. The van der Waals surface area contributed by atoms with Crippen LogP contribution in [0.2, 0.25) is 0 Å². The molecule has 20 heavy (non-hydrogen) atoms. The van der Waals surface area contributed by atoms with Crippen LogP contribution in [-0.4, -0.2) is 35.1 Å². The first-order valence-electron chi connectivity index (χ1n) is 6.82. The van der Waals surface area contributed by atoms with E-state index in [9.17, 15) is 4.79 Å². The lowest BCUT2D eigenvalue weighted by Gasteiger charge is -2.35. The Bertz CT molecular complexity index is 550. The van der Waals surface area contributed by atoms with Gasteiger partial charge in [-0.05, 0) is 44.9 Å². The molecule has 0 fully saturated rings. The summed E-state index contributed by atoms with van der Waals surface area (Å²) in [5.74, 6) is 5.50. The van der Waals surface area contributed by atoms with Crippen molar-refractivity contribution in [3.63, 3.8) is 0 Å². The van der Waals surface area contributed by atoms with E-state index in [4.69, 9.17) is 5.11 Å². The summed E-state index contributed by atoms with van der Waals surface area (Å²) in [6, 6.07) is 5.51. The molecular weight excluding hydrogens is 250 g/mol. The van der Waals surface area contributed by atoms with E-state index in [-0.39, 0.29) is 18.1 Å². The van der Waals surface area contributed by atoms with Crippen LogP contribution in [0.25, 0.3) is 0 Å². The molecule has 1 rings (SSSR count). The molecule has 0 bridgehead atoms. The Kier molecular flexibility index (Phi) is 5.35. The minimum atomic E-state index is -0.184. The second-order valence-corrected chi connectivity index (χ2v) is 5.47. The van der Waals surface area contributed by atoms with Gasteiger partial charge in [0.25, 0.3) is 5.91 Å². The van der Waals surface area contributed by atoms with Gasteiger partial charge < -0.3 is 10.0 Å². The molecule has 1 aromatic carbocycles. The van der Waals surface area contributed by atoms with Gasteiger partial charge in [0, 0.05) is 23.7 Å². The number of aliphatic hydroxyl groups excluding tert-OH is 1. The average molecular weight is 273 g/mol. The lowest BCUT2D eigenvalue weighted by Crippen LogP contribution is -2.44. The molecule has 0 aromatic heterocycles. The number of carbonyl (C=O) groups is 1. The molecule has 1 N–H and O–H groups in total. The third-order valence-electron chi connectivity index (χ3n) is 3.94. The highest BCUT2D eigenvalue weighted by Gasteiger charge is 2.27. The molecule has 1 aromatic rings. The van der Waals surface area contributed by atoms with Crippen LogP contribution in [0.15, 0.2) is 18.2 Å². The van der Waals surface area contributed by atoms with E-state index in [0.29, 0.717) is 5.56 Å². The molecule has 0 aliphatic carbocycles. The third kappa shape index (κ3) is 3.40. The van der Waals surface area contributed by atoms with Crippen molar-refractivity contribution in [1.29, 1.82) is 0 Å². The van der Waals surface area contributed by atoms with E-state index < -0.39 is 0 Å². The maximum absolute atomic E-state index is 12.6. The number of aliphatic hydroxyl groups is 1. The molecule has 0 saturated carbocycles. The standard InChI is InChI=1S/C17H23NO2/c1-6-17(3,4)18(5)16(20)15-11-7-9-14(13(15)2)10-8-12-19/h7,9,11,19H,6,12H2,1-5H3. The Labute approximate surface area is 121 Å². The summed E-state index contributed by atoms with van der Waals surface area (Å²) in [5, 5.41) is 8.77. The number of hydrogen-bond donors (Lipinski definition) is 1. The zero-order valence-corrected chi connectivity index (χ0v) is 12.9. The molecule has 1 amide bonds. The van der Waals surface area contributed by atoms with Gasteiger partial charge >= 0.3 is 0 Å². The molecule has 3 heteroatoms. The van der Waals surface area contributed by atoms with E-state index in [2.05, 4.69) is 32.6 Å². The molecular formula is C17H23NO2. The fraction of sp³-hybridized carbons (Fsp3) is 0.471. The number of amides is 1. The summed E-state index contributed by atoms with van der Waals surface area (Å²) < 4.78 is 0. The second-order valence-electron chi connectivity index (χ2n) is 5.47. The fourth-order valence-corrected chi connectivity index (χ4v) is 1.83. The minimum Gasteiger partial charge on any atom is -0.384 e. The van der Waals surface area contributed by atoms with Gasteiger partial charge in [-0.25, -0.2) is 0 Å². The fourth-order valence-electron chi connectivity index (χ4n) is 1.83. The van der Waals surface area contributed by atoms with Crippen LogP contribution in [0.5, 0.6) is 0 Å². The summed E-state index contributed by atoms with van der Waals surface area (Å²) in [4.78, 5) is 14.4. The van der Waals surface area contributed by atoms with Crippen LogP contribution in [0.1, 0.15) is 48.7 Å². The predicted molar refractivity (Wildman–Crippen MR) is 81.6 cm³/mol. The zero-order chi connectivity index (χ0) is 15.3. The Morgan fingerprint density at radius 2 is 2.05 bits per heavy atom. The van der Waals surface area contributed by atoms with Crippen molar-refractivity contribution in [3.05, 3.63) is 34.9 Å². The van der Waals surface area contributed by atoms with E-state index in [0.717, 1.165) is 17.5 Å². The maximum atomic E-state index is 12.6. The normalized spacial score (nSPS) is 10.7. The first kappa shape index (κ1) is 16.3. The molecule has 0 heterocycles. The number of rotatable bonds is 3. The van der Waals surface area contributed by atoms with E-state index in [1.165, 1.54) is 0 Å². The van der Waals surface area contributed by atoms with Gasteiger partial charge in [-0.2, -0.15) is 0 Å². The predicted octanol–water partition coefficient (Wildman–Crippen LogP) is 2.60. The summed E-state index contributed by atoms with van der Waals surface area (Å²) in [7, 11) is 1.83. The molecule has 0 aliphatic rings. The van der Waals surface area contributed by atoms with Crippen LogP contribution in [0, 0.1) is 18.8 Å². The molecule has 0 saturated heterocycles. The molecule has 3 nitrogen and oxygen atoms in total. The van der Waals surface area contributed by atoms with Crippen molar-refractivity contribution in [2.45, 2.75) is 39.7 Å². The van der Waals surface area contributed by atoms with E-state index in [1.54, 1.807) is 4.90 Å². The van der Waals surface area contributed by atoms with Crippen LogP contribution in [0.3, 0.4) is 0 Å². The van der Waals surface area contributed by atoms with Crippen molar-refractivity contribution in [2.75, 3.05) is 13.7 Å². The Morgan fingerprint density at radius 3 is 2.60 bits per heavy atom. The largest absolute Gasteiger partial charge is 0.384 e. The number of nitrogens with zero attached hydrogens (tertiary/aromatic N) is 1. The molecule has 0 radical (unpaired) electrons. The number of benzene rings is 1. The Morgan fingerprint density at radius 1 is 1.40 bits per heavy atom.